The minimum atomic E-state index is -0.868. The molecule has 4 rings (SSSR count). The molecule has 1 spiro atoms. The van der Waals surface area contributed by atoms with Gasteiger partial charge in [0.2, 0.25) is 5.91 Å². The summed E-state index contributed by atoms with van der Waals surface area (Å²) in [4.78, 5) is 40.0. The van der Waals surface area contributed by atoms with Gasteiger partial charge in [-0.05, 0) is 48.9 Å². The van der Waals surface area contributed by atoms with Gasteiger partial charge in [0, 0.05) is 10.6 Å². The van der Waals surface area contributed by atoms with Gasteiger partial charge in [-0.25, -0.2) is 9.18 Å². The van der Waals surface area contributed by atoms with Gasteiger partial charge < -0.3 is 10.6 Å². The van der Waals surface area contributed by atoms with Crippen LogP contribution in [0.5, 0.6) is 0 Å². The van der Waals surface area contributed by atoms with Crippen LogP contribution < -0.4 is 10.6 Å². The molecule has 0 radical (unpaired) electrons. The van der Waals surface area contributed by atoms with Crippen molar-refractivity contribution in [1.29, 1.82) is 0 Å². The molecule has 6 nitrogen and oxygen atoms in total. The van der Waals surface area contributed by atoms with Crippen molar-refractivity contribution in [3.8, 4) is 0 Å². The summed E-state index contributed by atoms with van der Waals surface area (Å²) < 4.78 is 13.6. The van der Waals surface area contributed by atoms with Crippen molar-refractivity contribution in [2.45, 2.75) is 55.5 Å². The van der Waals surface area contributed by atoms with Gasteiger partial charge in [0.05, 0.1) is 6.04 Å². The van der Waals surface area contributed by atoms with E-state index in [1.54, 1.807) is 17.8 Å². The van der Waals surface area contributed by atoms with E-state index >= 15 is 0 Å². The fourth-order valence-electron chi connectivity index (χ4n) is 4.54. The second-order valence-electron chi connectivity index (χ2n) is 7.88. The van der Waals surface area contributed by atoms with Gasteiger partial charge in [-0.2, -0.15) is 0 Å². The van der Waals surface area contributed by atoms with E-state index in [2.05, 4.69) is 10.6 Å². The SMILES string of the molecule is C[C@H]1CCCC[C@@]12NC(=O)N(CC(=O)N[C@@H]1CCSc3ccc(F)cc31)C2=O. The maximum absolute atomic E-state index is 13.6. The van der Waals surface area contributed by atoms with Crippen LogP contribution in [-0.2, 0) is 9.59 Å². The van der Waals surface area contributed by atoms with E-state index in [9.17, 15) is 18.8 Å². The third-order valence-corrected chi connectivity index (χ3v) is 7.27. The summed E-state index contributed by atoms with van der Waals surface area (Å²) >= 11 is 1.63. The van der Waals surface area contributed by atoms with E-state index in [-0.39, 0.29) is 30.2 Å². The lowest BCUT2D eigenvalue weighted by molar-refractivity contribution is -0.137. The fraction of sp³-hybridized carbons (Fsp3) is 0.550. The van der Waals surface area contributed by atoms with E-state index in [0.29, 0.717) is 12.8 Å². The minimum Gasteiger partial charge on any atom is -0.348 e. The van der Waals surface area contributed by atoms with Gasteiger partial charge in [0.15, 0.2) is 0 Å². The molecule has 2 aliphatic heterocycles. The Bertz CT molecular complexity index is 833. The first kappa shape index (κ1) is 19.2. The highest BCUT2D eigenvalue weighted by atomic mass is 32.2. The van der Waals surface area contributed by atoms with Crippen molar-refractivity contribution in [3.05, 3.63) is 29.6 Å². The van der Waals surface area contributed by atoms with Crippen molar-refractivity contribution in [3.63, 3.8) is 0 Å². The highest BCUT2D eigenvalue weighted by molar-refractivity contribution is 7.99. The average Bonchev–Trinajstić information content (AvgIpc) is 2.90. The number of thioether (sulfide) groups is 1. The number of amides is 4. The maximum atomic E-state index is 13.6. The molecule has 2 heterocycles. The molecule has 0 unspecified atom stereocenters. The van der Waals surface area contributed by atoms with Crippen LogP contribution in [-0.4, -0.2) is 40.6 Å². The second-order valence-corrected chi connectivity index (χ2v) is 9.02. The molecule has 150 valence electrons. The first-order chi connectivity index (χ1) is 13.4. The summed E-state index contributed by atoms with van der Waals surface area (Å²) in [5.41, 5.74) is -0.119. The first-order valence-electron chi connectivity index (χ1n) is 9.76. The summed E-state index contributed by atoms with van der Waals surface area (Å²) in [6.07, 6.45) is 4.10. The van der Waals surface area contributed by atoms with Crippen molar-refractivity contribution < 1.29 is 18.8 Å². The molecule has 1 aliphatic carbocycles. The van der Waals surface area contributed by atoms with Crippen LogP contribution in [0, 0.1) is 11.7 Å². The standard InChI is InChI=1S/C20H24FN3O3S/c1-12-4-2-3-8-20(12)18(26)24(19(27)23-20)11-17(25)22-15-7-9-28-16-6-5-13(21)10-14(15)16/h5-6,10,12,15H,2-4,7-9,11H2,1H3,(H,22,25)(H,23,27)/t12-,15+,20+/m0/s1. The van der Waals surface area contributed by atoms with E-state index < -0.39 is 17.5 Å². The van der Waals surface area contributed by atoms with Crippen LogP contribution in [0.1, 0.15) is 50.6 Å². The zero-order valence-electron chi connectivity index (χ0n) is 15.8. The van der Waals surface area contributed by atoms with Crippen LogP contribution in [0.25, 0.3) is 0 Å². The van der Waals surface area contributed by atoms with Gasteiger partial charge in [-0.15, -0.1) is 11.8 Å². The van der Waals surface area contributed by atoms with E-state index in [1.165, 1.54) is 12.1 Å². The molecule has 3 aliphatic rings. The van der Waals surface area contributed by atoms with E-state index in [1.807, 2.05) is 6.92 Å². The smallest absolute Gasteiger partial charge is 0.325 e. The number of urea groups is 1. The summed E-state index contributed by atoms with van der Waals surface area (Å²) in [6.45, 7) is 1.67. The topological polar surface area (TPSA) is 78.5 Å². The normalized spacial score (nSPS) is 29.6. The quantitative estimate of drug-likeness (QED) is 0.758. The third kappa shape index (κ3) is 3.27. The Morgan fingerprint density at radius 1 is 1.36 bits per heavy atom. The Morgan fingerprint density at radius 2 is 2.18 bits per heavy atom. The van der Waals surface area contributed by atoms with Gasteiger partial charge in [-0.1, -0.05) is 19.8 Å². The number of benzene rings is 1. The van der Waals surface area contributed by atoms with E-state index in [0.717, 1.165) is 40.4 Å². The van der Waals surface area contributed by atoms with Crippen molar-refractivity contribution in [2.24, 2.45) is 5.92 Å². The Kier molecular flexibility index (Phi) is 5.07. The number of hydrogen-bond donors (Lipinski definition) is 2. The predicted octanol–water partition coefficient (Wildman–Crippen LogP) is 2.98. The van der Waals surface area contributed by atoms with Gasteiger partial charge in [-0.3, -0.25) is 14.5 Å². The second kappa shape index (κ2) is 7.39. The summed E-state index contributed by atoms with van der Waals surface area (Å²) in [5.74, 6) is -0.187. The molecule has 3 atom stereocenters. The zero-order chi connectivity index (χ0) is 19.9. The molecule has 1 saturated carbocycles. The molecule has 4 amide bonds. The fourth-order valence-corrected chi connectivity index (χ4v) is 5.64. The maximum Gasteiger partial charge on any atom is 0.325 e. The molecule has 2 fully saturated rings. The molecule has 1 saturated heterocycles. The third-order valence-electron chi connectivity index (χ3n) is 6.15. The van der Waals surface area contributed by atoms with Gasteiger partial charge in [0.1, 0.15) is 17.9 Å². The molecular weight excluding hydrogens is 381 g/mol. The number of nitrogens with one attached hydrogen (secondary N) is 2. The molecule has 28 heavy (non-hydrogen) atoms. The Hall–Kier alpha value is -2.09. The summed E-state index contributed by atoms with van der Waals surface area (Å²) in [7, 11) is 0. The largest absolute Gasteiger partial charge is 0.348 e. The van der Waals surface area contributed by atoms with Crippen molar-refractivity contribution in [1.82, 2.24) is 15.5 Å². The number of fused-ring (bicyclic) bond motifs is 1. The van der Waals surface area contributed by atoms with Crippen molar-refractivity contribution >= 4 is 29.6 Å². The molecular formula is C20H24FN3O3S. The van der Waals surface area contributed by atoms with Crippen LogP contribution >= 0.6 is 11.8 Å². The Morgan fingerprint density at radius 3 is 2.96 bits per heavy atom. The van der Waals surface area contributed by atoms with Gasteiger partial charge >= 0.3 is 6.03 Å². The lowest BCUT2D eigenvalue weighted by atomic mass is 9.73. The predicted molar refractivity (Wildman–Crippen MR) is 103 cm³/mol. The number of halogens is 1. The highest BCUT2D eigenvalue weighted by Crippen LogP contribution is 2.39. The monoisotopic (exact) mass is 405 g/mol. The van der Waals surface area contributed by atoms with Crippen LogP contribution in [0.4, 0.5) is 9.18 Å². The molecule has 0 aromatic heterocycles. The van der Waals surface area contributed by atoms with Crippen LogP contribution in [0.15, 0.2) is 23.1 Å². The molecule has 1 aromatic rings. The lowest BCUT2D eigenvalue weighted by Crippen LogP contribution is -2.54. The highest BCUT2D eigenvalue weighted by Gasteiger charge is 2.55. The molecule has 2 N–H and O–H groups in total. The number of imide groups is 1. The number of nitrogens with zero attached hydrogens (tertiary/aromatic N) is 1. The Labute approximate surface area is 167 Å². The molecule has 8 heteroatoms. The average molecular weight is 405 g/mol. The lowest BCUT2D eigenvalue weighted by Gasteiger charge is -2.36. The van der Waals surface area contributed by atoms with Crippen LogP contribution in [0.3, 0.4) is 0 Å². The number of carbonyl (C=O) groups excluding carboxylic acids is 3. The summed E-state index contributed by atoms with van der Waals surface area (Å²) in [6, 6.07) is 3.76. The zero-order valence-corrected chi connectivity index (χ0v) is 16.6. The van der Waals surface area contributed by atoms with Gasteiger partial charge in [0.25, 0.3) is 5.91 Å². The molecule has 0 bridgehead atoms. The van der Waals surface area contributed by atoms with E-state index in [4.69, 9.17) is 0 Å². The number of rotatable bonds is 3. The summed E-state index contributed by atoms with van der Waals surface area (Å²) in [5, 5.41) is 5.74. The van der Waals surface area contributed by atoms with Crippen molar-refractivity contribution in [2.75, 3.05) is 12.3 Å². The Balaban J connectivity index is 1.46. The number of carbonyl (C=O) groups is 3. The minimum absolute atomic E-state index is 0.0518. The van der Waals surface area contributed by atoms with Crippen LogP contribution in [0.2, 0.25) is 0 Å². The first-order valence-corrected chi connectivity index (χ1v) is 10.7. The molecule has 1 aromatic carbocycles. The number of hydrogen-bond acceptors (Lipinski definition) is 4.